The van der Waals surface area contributed by atoms with E-state index in [9.17, 15) is 4.39 Å². The van der Waals surface area contributed by atoms with Crippen molar-refractivity contribution in [1.82, 2.24) is 10.2 Å². The quantitative estimate of drug-likeness (QED) is 0.894. The largest absolute Gasteiger partial charge is 0.311 e. The molecule has 0 spiro atoms. The number of rotatable bonds is 5. The van der Waals surface area contributed by atoms with Gasteiger partial charge in [0, 0.05) is 37.3 Å². The van der Waals surface area contributed by atoms with E-state index in [2.05, 4.69) is 24.1 Å². The Hall–Kier alpha value is -0.930. The van der Waals surface area contributed by atoms with Gasteiger partial charge in [-0.1, -0.05) is 38.5 Å². The van der Waals surface area contributed by atoms with Crippen LogP contribution in [0.25, 0.3) is 0 Å². The van der Waals surface area contributed by atoms with Gasteiger partial charge in [-0.2, -0.15) is 0 Å². The predicted molar refractivity (Wildman–Crippen MR) is 84.6 cm³/mol. The highest BCUT2D eigenvalue weighted by molar-refractivity contribution is 5.17. The Kier molecular flexibility index (Phi) is 4.60. The van der Waals surface area contributed by atoms with Crippen LogP contribution in [0.3, 0.4) is 0 Å². The molecule has 2 aliphatic rings. The number of hydrogen-bond acceptors (Lipinski definition) is 2. The van der Waals surface area contributed by atoms with Crippen LogP contribution >= 0.6 is 0 Å². The van der Waals surface area contributed by atoms with E-state index in [1.165, 1.54) is 19.3 Å². The number of piperazine rings is 1. The fraction of sp³-hybridized carbons (Fsp3) is 0.667. The smallest absolute Gasteiger partial charge is 0.127 e. The van der Waals surface area contributed by atoms with Crippen LogP contribution < -0.4 is 5.32 Å². The van der Waals surface area contributed by atoms with Crippen LogP contribution in [0.4, 0.5) is 4.39 Å². The van der Waals surface area contributed by atoms with Gasteiger partial charge < -0.3 is 5.32 Å². The van der Waals surface area contributed by atoms with E-state index >= 15 is 0 Å². The summed E-state index contributed by atoms with van der Waals surface area (Å²) in [6.45, 7) is 7.42. The summed E-state index contributed by atoms with van der Waals surface area (Å²) in [5, 5.41) is 3.74. The van der Waals surface area contributed by atoms with E-state index in [1.807, 2.05) is 12.1 Å². The Labute approximate surface area is 127 Å². The molecule has 116 valence electrons. The Morgan fingerprint density at radius 1 is 1.33 bits per heavy atom. The van der Waals surface area contributed by atoms with Gasteiger partial charge in [0.1, 0.15) is 5.82 Å². The van der Waals surface area contributed by atoms with E-state index in [4.69, 9.17) is 0 Å². The van der Waals surface area contributed by atoms with Gasteiger partial charge in [-0.3, -0.25) is 4.90 Å². The van der Waals surface area contributed by atoms with Gasteiger partial charge in [0.25, 0.3) is 0 Å². The monoisotopic (exact) mass is 290 g/mol. The minimum atomic E-state index is -0.0677. The van der Waals surface area contributed by atoms with Gasteiger partial charge in [-0.15, -0.1) is 0 Å². The predicted octanol–water partition coefficient (Wildman–Crippen LogP) is 3.42. The first-order chi connectivity index (χ1) is 10.2. The molecule has 2 fully saturated rings. The zero-order valence-corrected chi connectivity index (χ0v) is 13.2. The summed E-state index contributed by atoms with van der Waals surface area (Å²) in [6, 6.07) is 8.35. The lowest BCUT2D eigenvalue weighted by Crippen LogP contribution is -2.58. The zero-order valence-electron chi connectivity index (χ0n) is 13.2. The van der Waals surface area contributed by atoms with E-state index in [0.29, 0.717) is 18.0 Å². The SMILES string of the molecule is CCC(C)C1CNC(C2CC2)CN1Cc1ccccc1F. The van der Waals surface area contributed by atoms with Crippen molar-refractivity contribution >= 4 is 0 Å². The molecular weight excluding hydrogens is 263 g/mol. The second-order valence-electron chi connectivity index (χ2n) is 6.83. The number of nitrogens with zero attached hydrogens (tertiary/aromatic N) is 1. The molecule has 0 amide bonds. The molecule has 1 N–H and O–H groups in total. The van der Waals surface area contributed by atoms with Crippen LogP contribution in [0.15, 0.2) is 24.3 Å². The van der Waals surface area contributed by atoms with E-state index in [1.54, 1.807) is 12.1 Å². The molecule has 1 aromatic carbocycles. The molecule has 3 unspecified atom stereocenters. The van der Waals surface area contributed by atoms with Gasteiger partial charge in [0.2, 0.25) is 0 Å². The van der Waals surface area contributed by atoms with Gasteiger partial charge in [0.05, 0.1) is 0 Å². The standard InChI is InChI=1S/C18H27FN2/c1-3-13(2)18-10-20-17(14-8-9-14)12-21(18)11-15-6-4-5-7-16(15)19/h4-7,13-14,17-18,20H,3,8-12H2,1-2H3. The zero-order chi connectivity index (χ0) is 14.8. The number of halogens is 1. The number of nitrogens with one attached hydrogen (secondary N) is 1. The van der Waals surface area contributed by atoms with Crippen molar-refractivity contribution in [2.24, 2.45) is 11.8 Å². The molecule has 0 bridgehead atoms. The summed E-state index contributed by atoms with van der Waals surface area (Å²) >= 11 is 0. The van der Waals surface area contributed by atoms with Crippen LogP contribution in [0.1, 0.15) is 38.7 Å². The van der Waals surface area contributed by atoms with Crippen molar-refractivity contribution in [3.05, 3.63) is 35.6 Å². The molecule has 1 heterocycles. The van der Waals surface area contributed by atoms with Crippen molar-refractivity contribution in [3.63, 3.8) is 0 Å². The minimum absolute atomic E-state index is 0.0677. The maximum atomic E-state index is 14.0. The van der Waals surface area contributed by atoms with Gasteiger partial charge in [0.15, 0.2) is 0 Å². The lowest BCUT2D eigenvalue weighted by Gasteiger charge is -2.43. The molecule has 21 heavy (non-hydrogen) atoms. The molecule has 3 heteroatoms. The summed E-state index contributed by atoms with van der Waals surface area (Å²) < 4.78 is 14.0. The molecule has 2 nitrogen and oxygen atoms in total. The first-order valence-corrected chi connectivity index (χ1v) is 8.40. The van der Waals surface area contributed by atoms with Gasteiger partial charge in [-0.05, 0) is 30.7 Å². The van der Waals surface area contributed by atoms with E-state index < -0.39 is 0 Å². The van der Waals surface area contributed by atoms with Crippen molar-refractivity contribution in [2.75, 3.05) is 13.1 Å². The summed E-state index contributed by atoms with van der Waals surface area (Å²) in [5.74, 6) is 1.43. The van der Waals surface area contributed by atoms with E-state index in [-0.39, 0.29) is 5.82 Å². The van der Waals surface area contributed by atoms with Gasteiger partial charge >= 0.3 is 0 Å². The topological polar surface area (TPSA) is 15.3 Å². The molecule has 1 aromatic rings. The molecule has 1 saturated carbocycles. The molecule has 1 saturated heterocycles. The van der Waals surface area contributed by atoms with Crippen molar-refractivity contribution in [3.8, 4) is 0 Å². The van der Waals surface area contributed by atoms with Crippen LogP contribution in [-0.2, 0) is 6.54 Å². The highest BCUT2D eigenvalue weighted by Crippen LogP contribution is 2.35. The Balaban J connectivity index is 1.74. The minimum Gasteiger partial charge on any atom is -0.311 e. The first-order valence-electron chi connectivity index (χ1n) is 8.40. The molecule has 3 atom stereocenters. The molecule has 3 rings (SSSR count). The summed E-state index contributed by atoms with van der Waals surface area (Å²) in [5.41, 5.74) is 0.835. The van der Waals surface area contributed by atoms with Crippen molar-refractivity contribution in [1.29, 1.82) is 0 Å². The third-order valence-corrected chi connectivity index (χ3v) is 5.31. The van der Waals surface area contributed by atoms with Crippen molar-refractivity contribution < 1.29 is 4.39 Å². The molecular formula is C18H27FN2. The number of hydrogen-bond donors (Lipinski definition) is 1. The Bertz CT molecular complexity index is 472. The lowest BCUT2D eigenvalue weighted by atomic mass is 9.93. The second-order valence-corrected chi connectivity index (χ2v) is 6.83. The Morgan fingerprint density at radius 2 is 2.10 bits per heavy atom. The second kappa shape index (κ2) is 6.45. The van der Waals surface area contributed by atoms with Gasteiger partial charge in [-0.25, -0.2) is 4.39 Å². The van der Waals surface area contributed by atoms with Crippen LogP contribution in [0.5, 0.6) is 0 Å². The first kappa shape index (κ1) is 15.0. The average molecular weight is 290 g/mol. The third-order valence-electron chi connectivity index (χ3n) is 5.31. The summed E-state index contributed by atoms with van der Waals surface area (Å²) in [6.07, 6.45) is 3.90. The highest BCUT2D eigenvalue weighted by Gasteiger charge is 2.38. The fourth-order valence-electron chi connectivity index (χ4n) is 3.53. The summed E-state index contributed by atoms with van der Waals surface area (Å²) in [7, 11) is 0. The number of benzene rings is 1. The maximum absolute atomic E-state index is 14.0. The van der Waals surface area contributed by atoms with Crippen LogP contribution in [-0.4, -0.2) is 30.1 Å². The highest BCUT2D eigenvalue weighted by atomic mass is 19.1. The lowest BCUT2D eigenvalue weighted by molar-refractivity contribution is 0.0777. The maximum Gasteiger partial charge on any atom is 0.127 e. The van der Waals surface area contributed by atoms with Crippen LogP contribution in [0, 0.1) is 17.7 Å². The molecule has 1 aliphatic heterocycles. The third kappa shape index (κ3) is 3.46. The molecule has 0 aromatic heterocycles. The summed E-state index contributed by atoms with van der Waals surface area (Å²) in [4.78, 5) is 2.52. The normalized spacial score (nSPS) is 28.5. The molecule has 1 aliphatic carbocycles. The van der Waals surface area contributed by atoms with Crippen LogP contribution in [0.2, 0.25) is 0 Å². The van der Waals surface area contributed by atoms with E-state index in [0.717, 1.165) is 31.1 Å². The average Bonchev–Trinajstić information content (AvgIpc) is 3.33. The fourth-order valence-corrected chi connectivity index (χ4v) is 3.53. The van der Waals surface area contributed by atoms with Crippen molar-refractivity contribution in [2.45, 2.75) is 51.7 Å². The Morgan fingerprint density at radius 3 is 2.76 bits per heavy atom. The molecule has 0 radical (unpaired) electrons.